The van der Waals surface area contributed by atoms with Gasteiger partial charge in [0, 0.05) is 19.5 Å². The zero-order valence-electron chi connectivity index (χ0n) is 7.99. The maximum absolute atomic E-state index is 11.4. The minimum Gasteiger partial charge on any atom is -0.324 e. The van der Waals surface area contributed by atoms with E-state index in [4.69, 9.17) is 0 Å². The molecule has 4 nitrogen and oxygen atoms in total. The molecule has 1 atom stereocenters. The molecule has 0 spiro atoms. The molecule has 0 saturated carbocycles. The van der Waals surface area contributed by atoms with Crippen LogP contribution in [0.2, 0.25) is 0 Å². The van der Waals surface area contributed by atoms with E-state index in [1.54, 1.807) is 4.90 Å². The average Bonchev–Trinajstić information content (AvgIpc) is 2.62. The normalized spacial score (nSPS) is 28.0. The fourth-order valence-corrected chi connectivity index (χ4v) is 3.08. The Morgan fingerprint density at radius 2 is 2.36 bits per heavy atom. The Labute approximate surface area is 87.4 Å². The minimum absolute atomic E-state index is 0.146. The van der Waals surface area contributed by atoms with Gasteiger partial charge in [0.05, 0.1) is 0 Å². The molecule has 3 amide bonds. The summed E-state index contributed by atoms with van der Waals surface area (Å²) in [5.41, 5.74) is 0. The Morgan fingerprint density at radius 1 is 1.50 bits per heavy atom. The van der Waals surface area contributed by atoms with Crippen LogP contribution in [0.5, 0.6) is 0 Å². The largest absolute Gasteiger partial charge is 0.324 e. The smallest absolute Gasteiger partial charge is 0.324 e. The molecule has 2 rings (SSSR count). The van der Waals surface area contributed by atoms with Crippen LogP contribution in [0.1, 0.15) is 12.8 Å². The van der Waals surface area contributed by atoms with Crippen molar-refractivity contribution < 1.29 is 9.59 Å². The van der Waals surface area contributed by atoms with Crippen molar-refractivity contribution in [2.24, 2.45) is 5.92 Å². The molecule has 0 aliphatic carbocycles. The van der Waals surface area contributed by atoms with E-state index in [2.05, 4.69) is 5.32 Å². The predicted octanol–water partition coefficient (Wildman–Crippen LogP) is 0.681. The highest BCUT2D eigenvalue weighted by atomic mass is 32.2. The van der Waals surface area contributed by atoms with E-state index in [1.165, 1.54) is 12.2 Å². The molecular formula is C9H14N2O2S. The van der Waals surface area contributed by atoms with E-state index >= 15 is 0 Å². The van der Waals surface area contributed by atoms with Gasteiger partial charge in [-0.15, -0.1) is 0 Å². The quantitative estimate of drug-likeness (QED) is 0.735. The molecule has 2 fully saturated rings. The molecule has 2 heterocycles. The monoisotopic (exact) mass is 214 g/mol. The van der Waals surface area contributed by atoms with Gasteiger partial charge < -0.3 is 4.90 Å². The predicted molar refractivity (Wildman–Crippen MR) is 55.2 cm³/mol. The molecule has 0 radical (unpaired) electrons. The third kappa shape index (κ3) is 2.20. The average molecular weight is 214 g/mol. The number of thioether (sulfide) groups is 1. The molecular weight excluding hydrogens is 200 g/mol. The number of carbonyl (C=O) groups is 2. The highest BCUT2D eigenvalue weighted by molar-refractivity contribution is 7.99. The van der Waals surface area contributed by atoms with Gasteiger partial charge in [-0.25, -0.2) is 4.79 Å². The summed E-state index contributed by atoms with van der Waals surface area (Å²) < 4.78 is 0. The van der Waals surface area contributed by atoms with E-state index in [9.17, 15) is 9.59 Å². The topological polar surface area (TPSA) is 49.4 Å². The van der Waals surface area contributed by atoms with Crippen LogP contribution in [-0.2, 0) is 4.79 Å². The molecule has 2 aliphatic heterocycles. The fraction of sp³-hybridized carbons (Fsp3) is 0.778. The lowest BCUT2D eigenvalue weighted by molar-refractivity contribution is -0.121. The van der Waals surface area contributed by atoms with Crippen molar-refractivity contribution in [3.63, 3.8) is 0 Å². The maximum atomic E-state index is 11.4. The van der Waals surface area contributed by atoms with E-state index in [0.717, 1.165) is 12.3 Å². The third-order valence-corrected chi connectivity index (χ3v) is 3.88. The van der Waals surface area contributed by atoms with Crippen molar-refractivity contribution >= 4 is 23.7 Å². The molecule has 0 aromatic rings. The maximum Gasteiger partial charge on any atom is 0.324 e. The number of nitrogens with one attached hydrogen (secondary N) is 1. The summed E-state index contributed by atoms with van der Waals surface area (Å²) in [4.78, 5) is 24.0. The van der Waals surface area contributed by atoms with Crippen LogP contribution in [0, 0.1) is 5.92 Å². The van der Waals surface area contributed by atoms with Crippen LogP contribution >= 0.6 is 11.8 Å². The van der Waals surface area contributed by atoms with Gasteiger partial charge in [-0.2, -0.15) is 11.8 Å². The van der Waals surface area contributed by atoms with Crippen LogP contribution in [-0.4, -0.2) is 41.4 Å². The molecule has 0 aromatic heterocycles. The van der Waals surface area contributed by atoms with Gasteiger partial charge >= 0.3 is 6.03 Å². The number of hydrogen-bond acceptors (Lipinski definition) is 3. The summed E-state index contributed by atoms with van der Waals surface area (Å²) in [5, 5.41) is 2.34. The Morgan fingerprint density at radius 3 is 3.00 bits per heavy atom. The van der Waals surface area contributed by atoms with Gasteiger partial charge in [-0.05, 0) is 23.8 Å². The van der Waals surface area contributed by atoms with Crippen molar-refractivity contribution in [3.05, 3.63) is 0 Å². The summed E-state index contributed by atoms with van der Waals surface area (Å²) in [6, 6.07) is -0.210. The summed E-state index contributed by atoms with van der Waals surface area (Å²) in [6.07, 6.45) is 1.65. The first-order valence-electron chi connectivity index (χ1n) is 4.92. The van der Waals surface area contributed by atoms with E-state index in [1.807, 2.05) is 11.8 Å². The lowest BCUT2D eigenvalue weighted by atomic mass is 10.1. The Hall–Kier alpha value is -0.710. The van der Waals surface area contributed by atoms with E-state index in [-0.39, 0.29) is 11.9 Å². The molecule has 2 aliphatic rings. The molecule has 1 unspecified atom stereocenters. The zero-order valence-corrected chi connectivity index (χ0v) is 8.81. The summed E-state index contributed by atoms with van der Waals surface area (Å²) in [5.74, 6) is 2.84. The lowest BCUT2D eigenvalue weighted by Gasteiger charge is -2.28. The summed E-state index contributed by atoms with van der Waals surface area (Å²) in [6.45, 7) is 1.40. The molecule has 2 saturated heterocycles. The highest BCUT2D eigenvalue weighted by Crippen LogP contribution is 2.24. The molecule has 5 heteroatoms. The number of rotatable bonds is 2. The Bertz CT molecular complexity index is 251. The molecule has 78 valence electrons. The van der Waals surface area contributed by atoms with Crippen LogP contribution < -0.4 is 5.32 Å². The van der Waals surface area contributed by atoms with Crippen LogP contribution in [0.25, 0.3) is 0 Å². The Kier molecular flexibility index (Phi) is 2.96. The summed E-state index contributed by atoms with van der Waals surface area (Å²) >= 11 is 1.95. The third-order valence-electron chi connectivity index (χ3n) is 2.64. The van der Waals surface area contributed by atoms with Gasteiger partial charge in [0.25, 0.3) is 0 Å². The standard InChI is InChI=1S/C9H14N2O2S/c12-8-1-3-11(9(13)10-8)5-7-2-4-14-6-7/h7H,1-6H2,(H,10,12,13). The first-order valence-corrected chi connectivity index (χ1v) is 6.07. The van der Waals surface area contributed by atoms with Crippen molar-refractivity contribution in [2.75, 3.05) is 24.6 Å². The van der Waals surface area contributed by atoms with Gasteiger partial charge in [-0.3, -0.25) is 10.1 Å². The molecule has 1 N–H and O–H groups in total. The number of urea groups is 1. The van der Waals surface area contributed by atoms with Crippen LogP contribution in [0.3, 0.4) is 0 Å². The molecule has 0 aromatic carbocycles. The first-order chi connectivity index (χ1) is 6.75. The fourth-order valence-electron chi connectivity index (χ4n) is 1.81. The van der Waals surface area contributed by atoms with Gasteiger partial charge in [-0.1, -0.05) is 0 Å². The van der Waals surface area contributed by atoms with E-state index < -0.39 is 0 Å². The van der Waals surface area contributed by atoms with Crippen LogP contribution in [0.4, 0.5) is 4.79 Å². The number of nitrogens with zero attached hydrogens (tertiary/aromatic N) is 1. The van der Waals surface area contributed by atoms with Gasteiger partial charge in [0.1, 0.15) is 0 Å². The minimum atomic E-state index is -0.210. The van der Waals surface area contributed by atoms with Crippen LogP contribution in [0.15, 0.2) is 0 Å². The SMILES string of the molecule is O=C1CCN(CC2CCSC2)C(=O)N1. The second kappa shape index (κ2) is 4.21. The number of amides is 3. The van der Waals surface area contributed by atoms with Gasteiger partial charge in [0.15, 0.2) is 0 Å². The zero-order chi connectivity index (χ0) is 9.97. The van der Waals surface area contributed by atoms with Crippen molar-refractivity contribution in [3.8, 4) is 0 Å². The second-order valence-corrected chi connectivity index (χ2v) is 4.93. The molecule has 0 bridgehead atoms. The number of imide groups is 1. The van der Waals surface area contributed by atoms with Crippen molar-refractivity contribution in [1.82, 2.24) is 10.2 Å². The first kappa shape index (κ1) is 9.83. The second-order valence-electron chi connectivity index (χ2n) is 3.78. The molecule has 14 heavy (non-hydrogen) atoms. The van der Waals surface area contributed by atoms with Crippen molar-refractivity contribution in [1.29, 1.82) is 0 Å². The van der Waals surface area contributed by atoms with Crippen molar-refractivity contribution in [2.45, 2.75) is 12.8 Å². The summed E-state index contributed by atoms with van der Waals surface area (Å²) in [7, 11) is 0. The number of carbonyl (C=O) groups excluding carboxylic acids is 2. The lowest BCUT2D eigenvalue weighted by Crippen LogP contribution is -2.50. The highest BCUT2D eigenvalue weighted by Gasteiger charge is 2.26. The number of hydrogen-bond donors (Lipinski definition) is 1. The Balaban J connectivity index is 1.85. The van der Waals surface area contributed by atoms with E-state index in [0.29, 0.717) is 18.9 Å². The van der Waals surface area contributed by atoms with Gasteiger partial charge in [0.2, 0.25) is 5.91 Å².